The molecule has 0 radical (unpaired) electrons. The summed E-state index contributed by atoms with van der Waals surface area (Å²) < 4.78 is 33.2. The Balaban J connectivity index is 1.86. The summed E-state index contributed by atoms with van der Waals surface area (Å²) in [4.78, 5) is 2.25. The van der Waals surface area contributed by atoms with Crippen LogP contribution in [0.3, 0.4) is 0 Å². The molecule has 0 aromatic heterocycles. The second kappa shape index (κ2) is 8.08. The van der Waals surface area contributed by atoms with Gasteiger partial charge in [0.05, 0.1) is 12.0 Å². The van der Waals surface area contributed by atoms with Gasteiger partial charge in [-0.3, -0.25) is 0 Å². The Morgan fingerprint density at radius 1 is 0.963 bits per heavy atom. The Hall–Kier alpha value is -2.41. The predicted octanol–water partition coefficient (Wildman–Crippen LogP) is 3.43. The minimum absolute atomic E-state index is 0.0934. The molecule has 6 heteroatoms. The van der Waals surface area contributed by atoms with Crippen LogP contribution >= 0.6 is 0 Å². The zero-order chi connectivity index (χ0) is 19.4. The van der Waals surface area contributed by atoms with E-state index in [-0.39, 0.29) is 17.5 Å². The highest BCUT2D eigenvalue weighted by Crippen LogP contribution is 2.27. The average Bonchev–Trinajstić information content (AvgIpc) is 2.68. The zero-order valence-electron chi connectivity index (χ0n) is 15.7. The molecule has 142 valence electrons. The van der Waals surface area contributed by atoms with Crippen LogP contribution in [0.4, 0.5) is 0 Å². The van der Waals surface area contributed by atoms with Crippen LogP contribution in [0.5, 0.6) is 5.75 Å². The fourth-order valence-corrected chi connectivity index (χ4v) is 4.18. The SMILES string of the molecule is COc1ccc(S(=O)(=O)NC[C@H](c2cccc3ccccc23)N(C)C)cc1. The van der Waals surface area contributed by atoms with Gasteiger partial charge in [-0.1, -0.05) is 42.5 Å². The van der Waals surface area contributed by atoms with Gasteiger partial charge in [-0.2, -0.15) is 0 Å². The third-order valence-electron chi connectivity index (χ3n) is 4.64. The molecule has 0 saturated carbocycles. The largest absolute Gasteiger partial charge is 0.497 e. The number of ether oxygens (including phenoxy) is 1. The molecule has 0 amide bonds. The Morgan fingerprint density at radius 2 is 1.63 bits per heavy atom. The predicted molar refractivity (Wildman–Crippen MR) is 109 cm³/mol. The van der Waals surface area contributed by atoms with Crippen LogP contribution in [0, 0.1) is 0 Å². The topological polar surface area (TPSA) is 58.6 Å². The van der Waals surface area contributed by atoms with Crippen LogP contribution in [-0.2, 0) is 10.0 Å². The van der Waals surface area contributed by atoms with Gasteiger partial charge in [-0.05, 0) is 54.7 Å². The maximum atomic E-state index is 12.7. The van der Waals surface area contributed by atoms with E-state index in [1.165, 1.54) is 0 Å². The summed E-state index contributed by atoms with van der Waals surface area (Å²) in [5, 5.41) is 2.27. The first-order valence-corrected chi connectivity index (χ1v) is 10.2. The van der Waals surface area contributed by atoms with Gasteiger partial charge in [0.2, 0.25) is 10.0 Å². The monoisotopic (exact) mass is 384 g/mol. The van der Waals surface area contributed by atoms with Crippen LogP contribution in [0.2, 0.25) is 0 Å². The van der Waals surface area contributed by atoms with Crippen LogP contribution in [-0.4, -0.2) is 41.1 Å². The first-order chi connectivity index (χ1) is 12.9. The fraction of sp³-hybridized carbons (Fsp3) is 0.238. The summed E-state index contributed by atoms with van der Waals surface area (Å²) in [6.07, 6.45) is 0. The minimum Gasteiger partial charge on any atom is -0.497 e. The summed E-state index contributed by atoms with van der Waals surface area (Å²) in [7, 11) is 1.85. The molecule has 0 aliphatic carbocycles. The molecule has 3 rings (SSSR count). The van der Waals surface area contributed by atoms with E-state index in [9.17, 15) is 8.42 Å². The molecule has 0 fully saturated rings. The van der Waals surface area contributed by atoms with E-state index in [0.29, 0.717) is 5.75 Å². The van der Waals surface area contributed by atoms with Gasteiger partial charge in [0.1, 0.15) is 5.75 Å². The number of fused-ring (bicyclic) bond motifs is 1. The average molecular weight is 385 g/mol. The van der Waals surface area contributed by atoms with E-state index >= 15 is 0 Å². The van der Waals surface area contributed by atoms with E-state index in [1.54, 1.807) is 31.4 Å². The number of methoxy groups -OCH3 is 1. The lowest BCUT2D eigenvalue weighted by atomic mass is 9.98. The molecule has 3 aromatic carbocycles. The van der Waals surface area contributed by atoms with Crippen LogP contribution < -0.4 is 9.46 Å². The summed E-state index contributed by atoms with van der Waals surface area (Å²) >= 11 is 0. The molecule has 27 heavy (non-hydrogen) atoms. The molecule has 5 nitrogen and oxygen atoms in total. The molecule has 0 unspecified atom stereocenters. The van der Waals surface area contributed by atoms with Crippen molar-refractivity contribution in [2.45, 2.75) is 10.9 Å². The first-order valence-electron chi connectivity index (χ1n) is 8.70. The highest BCUT2D eigenvalue weighted by Gasteiger charge is 2.21. The van der Waals surface area contributed by atoms with Gasteiger partial charge in [-0.25, -0.2) is 13.1 Å². The lowest BCUT2D eigenvalue weighted by Crippen LogP contribution is -2.34. The molecule has 1 atom stereocenters. The number of sulfonamides is 1. The van der Waals surface area contributed by atoms with Gasteiger partial charge < -0.3 is 9.64 Å². The van der Waals surface area contributed by atoms with Gasteiger partial charge in [-0.15, -0.1) is 0 Å². The summed E-state index contributed by atoms with van der Waals surface area (Å²) in [6, 6.07) is 20.5. The number of rotatable bonds is 7. The van der Waals surface area contributed by atoms with Crippen molar-refractivity contribution in [1.29, 1.82) is 0 Å². The summed E-state index contributed by atoms with van der Waals surface area (Å²) in [5.74, 6) is 0.621. The van der Waals surface area contributed by atoms with Crippen molar-refractivity contribution < 1.29 is 13.2 Å². The highest BCUT2D eigenvalue weighted by molar-refractivity contribution is 7.89. The molecule has 0 heterocycles. The standard InChI is InChI=1S/C21H24N2O3S/c1-23(2)21(20-10-6-8-16-7-4-5-9-19(16)20)15-22-27(24,25)18-13-11-17(26-3)12-14-18/h4-14,21-22H,15H2,1-3H3/t21-/m1/s1. The minimum atomic E-state index is -3.61. The normalized spacial score (nSPS) is 13.0. The molecule has 0 aliphatic rings. The van der Waals surface area contributed by atoms with Crippen LogP contribution in [0.1, 0.15) is 11.6 Å². The van der Waals surface area contributed by atoms with Crippen molar-refractivity contribution in [1.82, 2.24) is 9.62 Å². The second-order valence-electron chi connectivity index (χ2n) is 6.58. The van der Waals surface area contributed by atoms with Crippen molar-refractivity contribution >= 4 is 20.8 Å². The number of nitrogens with zero attached hydrogens (tertiary/aromatic N) is 1. The number of nitrogens with one attached hydrogen (secondary N) is 1. The highest BCUT2D eigenvalue weighted by atomic mass is 32.2. The first kappa shape index (κ1) is 19.4. The van der Waals surface area contributed by atoms with Gasteiger partial charge >= 0.3 is 0 Å². The van der Waals surface area contributed by atoms with E-state index in [0.717, 1.165) is 16.3 Å². The Bertz CT molecular complexity index is 1010. The van der Waals surface area contributed by atoms with Gasteiger partial charge in [0.25, 0.3) is 0 Å². The smallest absolute Gasteiger partial charge is 0.240 e. The van der Waals surface area contributed by atoms with E-state index in [4.69, 9.17) is 4.74 Å². The third-order valence-corrected chi connectivity index (χ3v) is 6.08. The lowest BCUT2D eigenvalue weighted by molar-refractivity contribution is 0.301. The molecular formula is C21H24N2O3S. The van der Waals surface area contributed by atoms with E-state index < -0.39 is 10.0 Å². The molecule has 0 bridgehead atoms. The maximum Gasteiger partial charge on any atom is 0.240 e. The Labute approximate surface area is 160 Å². The van der Waals surface area contributed by atoms with E-state index in [2.05, 4.69) is 29.0 Å². The van der Waals surface area contributed by atoms with Crippen LogP contribution in [0.15, 0.2) is 71.6 Å². The number of hydrogen-bond acceptors (Lipinski definition) is 4. The molecule has 0 spiro atoms. The second-order valence-corrected chi connectivity index (χ2v) is 8.34. The maximum absolute atomic E-state index is 12.7. The fourth-order valence-electron chi connectivity index (χ4n) is 3.14. The molecule has 1 N–H and O–H groups in total. The van der Waals surface area contributed by atoms with Crippen molar-refractivity contribution in [2.24, 2.45) is 0 Å². The Morgan fingerprint density at radius 3 is 2.30 bits per heavy atom. The zero-order valence-corrected chi connectivity index (χ0v) is 16.5. The van der Waals surface area contributed by atoms with Crippen molar-refractivity contribution in [3.05, 3.63) is 72.3 Å². The number of hydrogen-bond donors (Lipinski definition) is 1. The van der Waals surface area contributed by atoms with Crippen molar-refractivity contribution in [3.8, 4) is 5.75 Å². The summed E-state index contributed by atoms with van der Waals surface area (Å²) in [5.41, 5.74) is 1.09. The Kier molecular flexibility index (Phi) is 5.79. The quantitative estimate of drug-likeness (QED) is 0.678. The number of benzene rings is 3. The van der Waals surface area contributed by atoms with E-state index in [1.807, 2.05) is 37.2 Å². The van der Waals surface area contributed by atoms with Gasteiger partial charge in [0.15, 0.2) is 0 Å². The molecule has 0 aliphatic heterocycles. The van der Waals surface area contributed by atoms with Crippen molar-refractivity contribution in [2.75, 3.05) is 27.7 Å². The molecule has 3 aromatic rings. The van der Waals surface area contributed by atoms with Gasteiger partial charge in [0, 0.05) is 12.6 Å². The molecule has 0 saturated heterocycles. The van der Waals surface area contributed by atoms with Crippen molar-refractivity contribution in [3.63, 3.8) is 0 Å². The number of likely N-dealkylation sites (N-methyl/N-ethyl adjacent to an activating group) is 1. The molecular weight excluding hydrogens is 360 g/mol. The third kappa shape index (κ3) is 4.30. The van der Waals surface area contributed by atoms with Crippen LogP contribution in [0.25, 0.3) is 10.8 Å². The lowest BCUT2D eigenvalue weighted by Gasteiger charge is -2.26. The summed E-state index contributed by atoms with van der Waals surface area (Å²) in [6.45, 7) is 0.273.